The number of benzene rings is 3. The number of aromatic amines is 1. The summed E-state index contributed by atoms with van der Waals surface area (Å²) in [5.41, 5.74) is 5.55. The SMILES string of the molecule is Cc1ccc(-c2[nH]c3ccccc3c2NC(=O)Nc2ccccc2Br)cc1. The van der Waals surface area contributed by atoms with Crippen LogP contribution in [-0.4, -0.2) is 11.0 Å². The highest BCUT2D eigenvalue weighted by Gasteiger charge is 2.16. The average Bonchev–Trinajstić information content (AvgIpc) is 3.03. The number of carbonyl (C=O) groups excluding carboxylic acids is 1. The number of aryl methyl sites for hydroxylation is 1. The van der Waals surface area contributed by atoms with Crippen LogP contribution in [0.3, 0.4) is 0 Å². The second-order valence-corrected chi connectivity index (χ2v) is 7.20. The summed E-state index contributed by atoms with van der Waals surface area (Å²) in [4.78, 5) is 16.1. The van der Waals surface area contributed by atoms with E-state index in [4.69, 9.17) is 0 Å². The minimum absolute atomic E-state index is 0.292. The van der Waals surface area contributed by atoms with Crippen LogP contribution in [0, 0.1) is 6.92 Å². The Morgan fingerprint density at radius 3 is 2.37 bits per heavy atom. The maximum atomic E-state index is 12.7. The molecule has 1 aromatic heterocycles. The lowest BCUT2D eigenvalue weighted by Crippen LogP contribution is -2.19. The number of hydrogen-bond donors (Lipinski definition) is 3. The Balaban J connectivity index is 1.71. The highest BCUT2D eigenvalue weighted by atomic mass is 79.9. The van der Waals surface area contributed by atoms with E-state index in [1.165, 1.54) is 5.56 Å². The molecule has 4 rings (SSSR count). The van der Waals surface area contributed by atoms with Crippen molar-refractivity contribution < 1.29 is 4.79 Å². The third-order valence-corrected chi connectivity index (χ3v) is 5.10. The zero-order valence-electron chi connectivity index (χ0n) is 14.7. The monoisotopic (exact) mass is 419 g/mol. The van der Waals surface area contributed by atoms with Gasteiger partial charge in [-0.3, -0.25) is 0 Å². The highest BCUT2D eigenvalue weighted by Crippen LogP contribution is 2.35. The molecule has 0 aliphatic rings. The van der Waals surface area contributed by atoms with Crippen molar-refractivity contribution in [1.29, 1.82) is 0 Å². The molecule has 0 unspecified atom stereocenters. The molecular weight excluding hydrogens is 402 g/mol. The first-order valence-corrected chi connectivity index (χ1v) is 9.41. The Kier molecular flexibility index (Phi) is 4.69. The standard InChI is InChI=1S/C22H18BrN3O/c1-14-10-12-15(13-11-14)20-21(16-6-2-4-8-18(16)24-20)26-22(27)25-19-9-5-3-7-17(19)23/h2-13,24H,1H3,(H2,25,26,27). The van der Waals surface area contributed by atoms with Crippen molar-refractivity contribution in [2.75, 3.05) is 10.6 Å². The minimum Gasteiger partial charge on any atom is -0.353 e. The molecule has 0 atom stereocenters. The number of halogens is 1. The van der Waals surface area contributed by atoms with Gasteiger partial charge in [0.15, 0.2) is 0 Å². The molecule has 4 nitrogen and oxygen atoms in total. The number of rotatable bonds is 3. The van der Waals surface area contributed by atoms with E-state index in [0.29, 0.717) is 5.69 Å². The van der Waals surface area contributed by atoms with Crippen molar-refractivity contribution in [3.05, 3.63) is 82.8 Å². The summed E-state index contributed by atoms with van der Waals surface area (Å²) < 4.78 is 0.831. The van der Waals surface area contributed by atoms with Gasteiger partial charge in [0.25, 0.3) is 0 Å². The maximum Gasteiger partial charge on any atom is 0.323 e. The zero-order chi connectivity index (χ0) is 18.8. The summed E-state index contributed by atoms with van der Waals surface area (Å²) in [7, 11) is 0. The second kappa shape index (κ2) is 7.29. The number of anilines is 2. The van der Waals surface area contributed by atoms with E-state index in [1.54, 1.807) is 0 Å². The molecule has 4 aromatic rings. The summed E-state index contributed by atoms with van der Waals surface area (Å²) >= 11 is 3.45. The van der Waals surface area contributed by atoms with Gasteiger partial charge in [-0.2, -0.15) is 0 Å². The van der Waals surface area contributed by atoms with E-state index in [9.17, 15) is 4.79 Å². The number of aromatic nitrogens is 1. The fraction of sp³-hybridized carbons (Fsp3) is 0.0455. The van der Waals surface area contributed by atoms with Crippen molar-refractivity contribution in [2.45, 2.75) is 6.92 Å². The summed E-state index contributed by atoms with van der Waals surface area (Å²) in [6.45, 7) is 2.05. The molecule has 0 saturated heterocycles. The normalized spacial score (nSPS) is 10.7. The first-order valence-electron chi connectivity index (χ1n) is 8.62. The van der Waals surface area contributed by atoms with Crippen LogP contribution in [0.15, 0.2) is 77.3 Å². The third kappa shape index (κ3) is 3.59. The first kappa shape index (κ1) is 17.4. The molecule has 0 spiro atoms. The van der Waals surface area contributed by atoms with Crippen LogP contribution in [0.2, 0.25) is 0 Å². The van der Waals surface area contributed by atoms with E-state index >= 15 is 0 Å². The van der Waals surface area contributed by atoms with E-state index in [-0.39, 0.29) is 6.03 Å². The fourth-order valence-electron chi connectivity index (χ4n) is 3.04. The number of urea groups is 1. The Bertz CT molecular complexity index is 1120. The Morgan fingerprint density at radius 2 is 1.59 bits per heavy atom. The number of para-hydroxylation sites is 2. The lowest BCUT2D eigenvalue weighted by molar-refractivity contribution is 0.262. The molecule has 3 aromatic carbocycles. The molecule has 5 heteroatoms. The molecule has 0 radical (unpaired) electrons. The molecule has 0 saturated carbocycles. The second-order valence-electron chi connectivity index (χ2n) is 6.35. The summed E-state index contributed by atoms with van der Waals surface area (Å²) in [5.74, 6) is 0. The Labute approximate surface area is 165 Å². The van der Waals surface area contributed by atoms with Gasteiger partial charge in [-0.25, -0.2) is 4.79 Å². The highest BCUT2D eigenvalue weighted by molar-refractivity contribution is 9.10. The number of carbonyl (C=O) groups is 1. The molecule has 0 aliphatic carbocycles. The van der Waals surface area contributed by atoms with Crippen LogP contribution in [0.25, 0.3) is 22.2 Å². The van der Waals surface area contributed by atoms with E-state index in [2.05, 4.69) is 62.7 Å². The van der Waals surface area contributed by atoms with E-state index < -0.39 is 0 Å². The number of nitrogens with one attached hydrogen (secondary N) is 3. The number of amides is 2. The fourth-order valence-corrected chi connectivity index (χ4v) is 3.42. The van der Waals surface area contributed by atoms with Crippen LogP contribution >= 0.6 is 15.9 Å². The van der Waals surface area contributed by atoms with E-state index in [1.807, 2.05) is 48.5 Å². The van der Waals surface area contributed by atoms with Gasteiger partial charge in [-0.15, -0.1) is 0 Å². The van der Waals surface area contributed by atoms with Crippen LogP contribution in [0.5, 0.6) is 0 Å². The largest absolute Gasteiger partial charge is 0.353 e. The van der Waals surface area contributed by atoms with Crippen molar-refractivity contribution >= 4 is 44.2 Å². The van der Waals surface area contributed by atoms with Crippen molar-refractivity contribution in [3.63, 3.8) is 0 Å². The predicted molar refractivity (Wildman–Crippen MR) is 115 cm³/mol. The van der Waals surface area contributed by atoms with Gasteiger partial charge in [0.1, 0.15) is 0 Å². The van der Waals surface area contributed by atoms with Crippen molar-refractivity contribution in [1.82, 2.24) is 4.98 Å². The minimum atomic E-state index is -0.292. The van der Waals surface area contributed by atoms with Gasteiger partial charge in [0.05, 0.1) is 17.1 Å². The predicted octanol–water partition coefficient (Wildman–Crippen LogP) is 6.55. The molecule has 3 N–H and O–H groups in total. The topological polar surface area (TPSA) is 56.9 Å². The molecule has 2 amide bonds. The van der Waals surface area contributed by atoms with Crippen LogP contribution in [-0.2, 0) is 0 Å². The average molecular weight is 420 g/mol. The quantitative estimate of drug-likeness (QED) is 0.346. The van der Waals surface area contributed by atoms with E-state index in [0.717, 1.165) is 32.3 Å². The van der Waals surface area contributed by atoms with Gasteiger partial charge in [0.2, 0.25) is 0 Å². The van der Waals surface area contributed by atoms with Crippen molar-refractivity contribution in [3.8, 4) is 11.3 Å². The summed E-state index contributed by atoms with van der Waals surface area (Å²) in [6.07, 6.45) is 0. The van der Waals surface area contributed by atoms with Gasteiger partial charge in [0, 0.05) is 20.9 Å². The Morgan fingerprint density at radius 1 is 0.889 bits per heavy atom. The van der Waals surface area contributed by atoms with Crippen molar-refractivity contribution in [2.24, 2.45) is 0 Å². The molecule has 134 valence electrons. The summed E-state index contributed by atoms with van der Waals surface area (Å²) in [6, 6.07) is 23.4. The number of hydrogen-bond acceptors (Lipinski definition) is 1. The molecular formula is C22H18BrN3O. The Hall–Kier alpha value is -3.05. The zero-order valence-corrected chi connectivity index (χ0v) is 16.3. The van der Waals surface area contributed by atoms with Gasteiger partial charge < -0.3 is 15.6 Å². The molecule has 1 heterocycles. The van der Waals surface area contributed by atoms with Gasteiger partial charge in [-0.1, -0.05) is 60.2 Å². The molecule has 0 aliphatic heterocycles. The third-order valence-electron chi connectivity index (χ3n) is 4.41. The van der Waals surface area contributed by atoms with Gasteiger partial charge >= 0.3 is 6.03 Å². The molecule has 0 bridgehead atoms. The van der Waals surface area contributed by atoms with Crippen LogP contribution < -0.4 is 10.6 Å². The molecule has 27 heavy (non-hydrogen) atoms. The van der Waals surface area contributed by atoms with Gasteiger partial charge in [-0.05, 0) is 41.1 Å². The first-order chi connectivity index (χ1) is 13.1. The number of H-pyrrole nitrogens is 1. The smallest absolute Gasteiger partial charge is 0.323 e. The maximum absolute atomic E-state index is 12.7. The lowest BCUT2D eigenvalue weighted by atomic mass is 10.1. The van der Waals surface area contributed by atoms with Crippen LogP contribution in [0.1, 0.15) is 5.56 Å². The summed E-state index contributed by atoms with van der Waals surface area (Å²) in [5, 5.41) is 6.88. The molecule has 0 fully saturated rings. The lowest BCUT2D eigenvalue weighted by Gasteiger charge is -2.11. The number of fused-ring (bicyclic) bond motifs is 1. The van der Waals surface area contributed by atoms with Crippen LogP contribution in [0.4, 0.5) is 16.2 Å².